The number of rotatable bonds is 2. The van der Waals surface area contributed by atoms with E-state index in [9.17, 15) is 0 Å². The van der Waals surface area contributed by atoms with Gasteiger partial charge in [0, 0.05) is 12.2 Å². The van der Waals surface area contributed by atoms with Crippen LogP contribution in [-0.2, 0) is 9.47 Å². The highest BCUT2D eigenvalue weighted by molar-refractivity contribution is 14.0. The minimum Gasteiger partial charge on any atom is -0.364 e. The van der Waals surface area contributed by atoms with Crippen LogP contribution in [-0.4, -0.2) is 26.0 Å². The summed E-state index contributed by atoms with van der Waals surface area (Å²) in [5.41, 5.74) is 2.80. The Labute approximate surface area is 168 Å². The maximum absolute atomic E-state index is 4.93. The van der Waals surface area contributed by atoms with Crippen LogP contribution in [0.25, 0.3) is 0 Å². The molecule has 0 saturated carbocycles. The van der Waals surface area contributed by atoms with E-state index < -0.39 is 0 Å². The summed E-state index contributed by atoms with van der Waals surface area (Å²) in [6, 6.07) is 22.2. The first kappa shape index (κ1) is 20.2. The lowest BCUT2D eigenvalue weighted by Gasteiger charge is -2.38. The molecule has 1 atom stereocenters. The predicted molar refractivity (Wildman–Crippen MR) is 114 cm³/mol. The Bertz CT molecular complexity index is 540. The SMILES string of the molecule is CC1OCCO1.I.c1ccc(C2CCCCN2c2ccccc2)cc1. The number of piperidine rings is 1. The molecule has 0 spiro atoms. The summed E-state index contributed by atoms with van der Waals surface area (Å²) < 4.78 is 9.86. The van der Waals surface area contributed by atoms with Crippen molar-refractivity contribution in [3.63, 3.8) is 0 Å². The van der Waals surface area contributed by atoms with Gasteiger partial charge in [0.2, 0.25) is 0 Å². The number of para-hydroxylation sites is 1. The van der Waals surface area contributed by atoms with E-state index >= 15 is 0 Å². The van der Waals surface area contributed by atoms with Crippen molar-refractivity contribution < 1.29 is 9.47 Å². The maximum Gasteiger partial charge on any atom is 0.155 e. The lowest BCUT2D eigenvalue weighted by molar-refractivity contribution is -0.0254. The Hall–Kier alpha value is -1.11. The molecule has 2 aromatic carbocycles. The van der Waals surface area contributed by atoms with Crippen LogP contribution >= 0.6 is 24.0 Å². The summed E-state index contributed by atoms with van der Waals surface area (Å²) in [7, 11) is 0. The fourth-order valence-corrected chi connectivity index (χ4v) is 3.36. The zero-order chi connectivity index (χ0) is 16.6. The van der Waals surface area contributed by atoms with Gasteiger partial charge in [-0.3, -0.25) is 0 Å². The summed E-state index contributed by atoms with van der Waals surface area (Å²) in [5, 5.41) is 0. The van der Waals surface area contributed by atoms with Crippen molar-refractivity contribution in [1.82, 2.24) is 0 Å². The van der Waals surface area contributed by atoms with Crippen LogP contribution in [0.1, 0.15) is 37.8 Å². The van der Waals surface area contributed by atoms with E-state index in [0.717, 1.165) is 13.2 Å². The minimum atomic E-state index is 0. The third-order valence-corrected chi connectivity index (χ3v) is 4.56. The molecule has 136 valence electrons. The number of benzene rings is 2. The minimum absolute atomic E-state index is 0. The number of halogens is 1. The monoisotopic (exact) mass is 453 g/mol. The van der Waals surface area contributed by atoms with Gasteiger partial charge in [0.25, 0.3) is 0 Å². The van der Waals surface area contributed by atoms with Gasteiger partial charge < -0.3 is 14.4 Å². The van der Waals surface area contributed by atoms with Crippen LogP contribution in [0.2, 0.25) is 0 Å². The molecule has 4 rings (SSSR count). The molecular weight excluding hydrogens is 425 g/mol. The highest BCUT2D eigenvalue weighted by atomic mass is 127. The average Bonchev–Trinajstić information content (AvgIpc) is 3.15. The summed E-state index contributed by atoms with van der Waals surface area (Å²) in [6.07, 6.45) is 3.95. The van der Waals surface area contributed by atoms with Crippen LogP contribution in [0.15, 0.2) is 60.7 Å². The van der Waals surface area contributed by atoms with E-state index in [1.807, 2.05) is 6.92 Å². The lowest BCUT2D eigenvalue weighted by atomic mass is 9.94. The van der Waals surface area contributed by atoms with Gasteiger partial charge in [0.15, 0.2) is 6.29 Å². The topological polar surface area (TPSA) is 21.7 Å². The normalized spacial score (nSPS) is 20.4. The van der Waals surface area contributed by atoms with E-state index in [1.54, 1.807) is 0 Å². The Morgan fingerprint density at radius 3 is 2.00 bits per heavy atom. The van der Waals surface area contributed by atoms with Gasteiger partial charge in [-0.2, -0.15) is 0 Å². The van der Waals surface area contributed by atoms with Crippen molar-refractivity contribution >= 4 is 29.7 Å². The standard InChI is InChI=1S/C17H19N.C4H8O2.HI/c1-3-9-15(10-4-1)17-13-7-8-14-18(17)16-11-5-2-6-12-16;1-4-5-2-3-6-4;/h1-6,9-12,17H,7-8,13-14H2;4H,2-3H2,1H3;1H. The van der Waals surface area contributed by atoms with Crippen molar-refractivity contribution in [2.45, 2.75) is 38.5 Å². The van der Waals surface area contributed by atoms with Gasteiger partial charge in [-0.25, -0.2) is 0 Å². The number of hydrogen-bond donors (Lipinski definition) is 0. The number of hydrogen-bond acceptors (Lipinski definition) is 3. The highest BCUT2D eigenvalue weighted by Gasteiger charge is 2.23. The molecule has 2 aromatic rings. The third-order valence-electron chi connectivity index (χ3n) is 4.56. The van der Waals surface area contributed by atoms with Gasteiger partial charge in [-0.15, -0.1) is 24.0 Å². The summed E-state index contributed by atoms with van der Waals surface area (Å²) in [4.78, 5) is 2.55. The first-order valence-electron chi connectivity index (χ1n) is 8.94. The van der Waals surface area contributed by atoms with E-state index in [-0.39, 0.29) is 30.3 Å². The van der Waals surface area contributed by atoms with Crippen LogP contribution in [0.3, 0.4) is 0 Å². The van der Waals surface area contributed by atoms with Crippen molar-refractivity contribution in [2.24, 2.45) is 0 Å². The van der Waals surface area contributed by atoms with Crippen molar-refractivity contribution in [1.29, 1.82) is 0 Å². The van der Waals surface area contributed by atoms with E-state index in [0.29, 0.717) is 6.04 Å². The van der Waals surface area contributed by atoms with Gasteiger partial charge in [0.1, 0.15) is 0 Å². The quantitative estimate of drug-likeness (QED) is 0.568. The molecule has 0 amide bonds. The number of anilines is 1. The molecule has 0 N–H and O–H groups in total. The molecule has 0 aliphatic carbocycles. The first-order valence-corrected chi connectivity index (χ1v) is 8.94. The van der Waals surface area contributed by atoms with Crippen molar-refractivity contribution in [2.75, 3.05) is 24.7 Å². The number of ether oxygens (including phenoxy) is 2. The maximum atomic E-state index is 4.93. The summed E-state index contributed by atoms with van der Waals surface area (Å²) in [6.45, 7) is 4.60. The Morgan fingerprint density at radius 1 is 0.840 bits per heavy atom. The Morgan fingerprint density at radius 2 is 1.44 bits per heavy atom. The highest BCUT2D eigenvalue weighted by Crippen LogP contribution is 2.34. The van der Waals surface area contributed by atoms with Crippen molar-refractivity contribution in [3.8, 4) is 0 Å². The van der Waals surface area contributed by atoms with E-state index in [2.05, 4.69) is 65.6 Å². The zero-order valence-electron chi connectivity index (χ0n) is 14.8. The Kier molecular flexibility index (Phi) is 8.72. The Balaban J connectivity index is 0.000000275. The molecule has 3 nitrogen and oxygen atoms in total. The lowest BCUT2D eigenvalue weighted by Crippen LogP contribution is -2.33. The van der Waals surface area contributed by atoms with Gasteiger partial charge in [-0.1, -0.05) is 48.5 Å². The molecule has 25 heavy (non-hydrogen) atoms. The zero-order valence-corrected chi connectivity index (χ0v) is 17.2. The molecule has 0 radical (unpaired) electrons. The predicted octanol–water partition coefficient (Wildman–Crippen LogP) is 5.42. The average molecular weight is 453 g/mol. The van der Waals surface area contributed by atoms with Crippen LogP contribution in [0.5, 0.6) is 0 Å². The smallest absolute Gasteiger partial charge is 0.155 e. The molecule has 2 heterocycles. The summed E-state index contributed by atoms with van der Waals surface area (Å²) in [5.74, 6) is 0. The molecule has 1 unspecified atom stereocenters. The second-order valence-electron chi connectivity index (χ2n) is 6.26. The fraction of sp³-hybridized carbons (Fsp3) is 0.429. The summed E-state index contributed by atoms with van der Waals surface area (Å²) >= 11 is 0. The van der Waals surface area contributed by atoms with Gasteiger partial charge in [-0.05, 0) is 43.9 Å². The van der Waals surface area contributed by atoms with Gasteiger partial charge in [0.05, 0.1) is 19.3 Å². The first-order chi connectivity index (χ1) is 11.8. The molecule has 2 fully saturated rings. The molecule has 2 saturated heterocycles. The van der Waals surface area contributed by atoms with Crippen molar-refractivity contribution in [3.05, 3.63) is 66.2 Å². The second-order valence-corrected chi connectivity index (χ2v) is 6.26. The molecule has 2 aliphatic rings. The van der Waals surface area contributed by atoms with E-state index in [4.69, 9.17) is 9.47 Å². The van der Waals surface area contributed by atoms with Crippen LogP contribution in [0, 0.1) is 0 Å². The molecule has 0 aromatic heterocycles. The van der Waals surface area contributed by atoms with Gasteiger partial charge >= 0.3 is 0 Å². The number of nitrogens with zero attached hydrogens (tertiary/aromatic N) is 1. The molecule has 0 bridgehead atoms. The molecule has 2 aliphatic heterocycles. The second kappa shape index (κ2) is 10.8. The third kappa shape index (κ3) is 5.97. The molecular formula is C21H28INO2. The fourth-order valence-electron chi connectivity index (χ4n) is 3.36. The van der Waals surface area contributed by atoms with Crippen LogP contribution < -0.4 is 4.90 Å². The molecule has 4 heteroatoms. The van der Waals surface area contributed by atoms with Crippen LogP contribution in [0.4, 0.5) is 5.69 Å². The largest absolute Gasteiger partial charge is 0.364 e. The van der Waals surface area contributed by atoms with E-state index in [1.165, 1.54) is 37.1 Å².